The lowest BCUT2D eigenvalue weighted by Crippen LogP contribution is -2.48. The highest BCUT2D eigenvalue weighted by molar-refractivity contribution is 5.76. The smallest absolute Gasteiger partial charge is 0.242 e. The van der Waals surface area contributed by atoms with Gasteiger partial charge in [0.05, 0.1) is 0 Å². The Hall–Kier alpha value is -1.29. The van der Waals surface area contributed by atoms with Gasteiger partial charge in [0, 0.05) is 38.6 Å². The SMILES string of the molecule is CN1CCN(C(=O)Cn2cccc2)CC1. The van der Waals surface area contributed by atoms with Gasteiger partial charge < -0.3 is 14.4 Å². The molecule has 0 aromatic carbocycles. The molecule has 0 unspecified atom stereocenters. The topological polar surface area (TPSA) is 28.5 Å². The summed E-state index contributed by atoms with van der Waals surface area (Å²) in [5.41, 5.74) is 0. The van der Waals surface area contributed by atoms with Gasteiger partial charge in [-0.2, -0.15) is 0 Å². The highest BCUT2D eigenvalue weighted by Gasteiger charge is 2.18. The summed E-state index contributed by atoms with van der Waals surface area (Å²) in [6.07, 6.45) is 3.85. The number of piperazine rings is 1. The van der Waals surface area contributed by atoms with Crippen molar-refractivity contribution in [2.45, 2.75) is 6.54 Å². The van der Waals surface area contributed by atoms with Crippen molar-refractivity contribution in [1.82, 2.24) is 14.4 Å². The molecule has 15 heavy (non-hydrogen) atoms. The molecule has 1 aromatic heterocycles. The maximum atomic E-state index is 11.9. The van der Waals surface area contributed by atoms with Crippen LogP contribution in [-0.4, -0.2) is 53.5 Å². The van der Waals surface area contributed by atoms with Crippen molar-refractivity contribution < 1.29 is 4.79 Å². The molecule has 1 aliphatic rings. The van der Waals surface area contributed by atoms with Crippen LogP contribution >= 0.6 is 0 Å². The highest BCUT2D eigenvalue weighted by atomic mass is 16.2. The molecule has 2 rings (SSSR count). The number of hydrogen-bond donors (Lipinski definition) is 0. The summed E-state index contributed by atoms with van der Waals surface area (Å²) < 4.78 is 1.92. The monoisotopic (exact) mass is 207 g/mol. The number of likely N-dealkylation sites (N-methyl/N-ethyl adjacent to an activating group) is 1. The zero-order valence-corrected chi connectivity index (χ0v) is 9.09. The molecule has 0 saturated carbocycles. The molecular formula is C11H17N3O. The molecule has 4 heteroatoms. The van der Waals surface area contributed by atoms with Gasteiger partial charge in [-0.25, -0.2) is 0 Å². The largest absolute Gasteiger partial charge is 0.345 e. The average Bonchev–Trinajstić information content (AvgIpc) is 2.71. The van der Waals surface area contributed by atoms with Crippen LogP contribution in [0, 0.1) is 0 Å². The summed E-state index contributed by atoms with van der Waals surface area (Å²) >= 11 is 0. The molecule has 1 aliphatic heterocycles. The van der Waals surface area contributed by atoms with Crippen molar-refractivity contribution in [2.24, 2.45) is 0 Å². The molecule has 0 radical (unpaired) electrons. The standard InChI is InChI=1S/C11H17N3O/c1-12-6-8-14(9-7-12)11(15)10-13-4-2-3-5-13/h2-5H,6-10H2,1H3. The van der Waals surface area contributed by atoms with Crippen LogP contribution in [0.1, 0.15) is 0 Å². The van der Waals surface area contributed by atoms with E-state index in [1.807, 2.05) is 34.0 Å². The lowest BCUT2D eigenvalue weighted by Gasteiger charge is -2.32. The molecule has 1 fully saturated rings. The molecule has 0 aliphatic carbocycles. The van der Waals surface area contributed by atoms with Crippen LogP contribution in [0.25, 0.3) is 0 Å². The van der Waals surface area contributed by atoms with E-state index in [0.29, 0.717) is 6.54 Å². The van der Waals surface area contributed by atoms with Crippen LogP contribution in [0.2, 0.25) is 0 Å². The van der Waals surface area contributed by atoms with Gasteiger partial charge in [-0.05, 0) is 19.2 Å². The Morgan fingerprint density at radius 3 is 2.33 bits per heavy atom. The van der Waals surface area contributed by atoms with Gasteiger partial charge in [0.1, 0.15) is 6.54 Å². The Morgan fingerprint density at radius 2 is 1.73 bits per heavy atom. The highest BCUT2D eigenvalue weighted by Crippen LogP contribution is 2.01. The molecule has 0 bridgehead atoms. The van der Waals surface area contributed by atoms with Crippen LogP contribution in [-0.2, 0) is 11.3 Å². The van der Waals surface area contributed by atoms with Gasteiger partial charge >= 0.3 is 0 Å². The summed E-state index contributed by atoms with van der Waals surface area (Å²) in [5.74, 6) is 0.222. The minimum Gasteiger partial charge on any atom is -0.345 e. The lowest BCUT2D eigenvalue weighted by molar-refractivity contribution is -0.133. The maximum absolute atomic E-state index is 11.9. The van der Waals surface area contributed by atoms with Crippen molar-refractivity contribution in [3.8, 4) is 0 Å². The van der Waals surface area contributed by atoms with Crippen molar-refractivity contribution in [2.75, 3.05) is 33.2 Å². The average molecular weight is 207 g/mol. The summed E-state index contributed by atoms with van der Waals surface area (Å²) in [5, 5.41) is 0. The van der Waals surface area contributed by atoms with Gasteiger partial charge in [-0.1, -0.05) is 0 Å². The quantitative estimate of drug-likeness (QED) is 0.696. The van der Waals surface area contributed by atoms with E-state index in [4.69, 9.17) is 0 Å². The second-order valence-corrected chi connectivity index (χ2v) is 4.04. The first-order valence-corrected chi connectivity index (χ1v) is 5.33. The number of rotatable bonds is 2. The number of carbonyl (C=O) groups excluding carboxylic acids is 1. The zero-order valence-electron chi connectivity index (χ0n) is 9.09. The summed E-state index contributed by atoms with van der Waals surface area (Å²) in [4.78, 5) is 16.1. The normalized spacial score (nSPS) is 18.1. The van der Waals surface area contributed by atoms with Crippen LogP contribution in [0.5, 0.6) is 0 Å². The summed E-state index contributed by atoms with van der Waals surface area (Å²) in [7, 11) is 2.09. The predicted molar refractivity (Wildman–Crippen MR) is 58.5 cm³/mol. The first-order valence-electron chi connectivity index (χ1n) is 5.33. The Morgan fingerprint density at radius 1 is 1.13 bits per heavy atom. The fraction of sp³-hybridized carbons (Fsp3) is 0.545. The molecule has 1 saturated heterocycles. The van der Waals surface area contributed by atoms with E-state index >= 15 is 0 Å². The van der Waals surface area contributed by atoms with Crippen molar-refractivity contribution >= 4 is 5.91 Å². The molecule has 0 spiro atoms. The van der Waals surface area contributed by atoms with Gasteiger partial charge in [0.2, 0.25) is 5.91 Å². The lowest BCUT2D eigenvalue weighted by atomic mass is 10.3. The maximum Gasteiger partial charge on any atom is 0.242 e. The Kier molecular flexibility index (Phi) is 3.06. The molecule has 82 valence electrons. The summed E-state index contributed by atoms with van der Waals surface area (Å²) in [6, 6.07) is 3.88. The number of nitrogens with zero attached hydrogens (tertiary/aromatic N) is 3. The number of hydrogen-bond acceptors (Lipinski definition) is 2. The first kappa shape index (κ1) is 10.2. The van der Waals surface area contributed by atoms with Crippen LogP contribution < -0.4 is 0 Å². The zero-order chi connectivity index (χ0) is 10.7. The number of carbonyl (C=O) groups is 1. The minimum absolute atomic E-state index is 0.222. The van der Waals surface area contributed by atoms with Gasteiger partial charge in [0.25, 0.3) is 0 Å². The molecule has 1 amide bonds. The fourth-order valence-electron chi connectivity index (χ4n) is 1.79. The Balaban J connectivity index is 1.86. The van der Waals surface area contributed by atoms with E-state index in [9.17, 15) is 4.79 Å². The van der Waals surface area contributed by atoms with Crippen LogP contribution in [0.4, 0.5) is 0 Å². The first-order chi connectivity index (χ1) is 7.25. The number of aromatic nitrogens is 1. The molecule has 0 N–H and O–H groups in total. The van der Waals surface area contributed by atoms with Gasteiger partial charge in [-0.15, -0.1) is 0 Å². The predicted octanol–water partition coefficient (Wildman–Crippen LogP) is 0.262. The fourth-order valence-corrected chi connectivity index (χ4v) is 1.79. The van der Waals surface area contributed by atoms with E-state index in [1.165, 1.54) is 0 Å². The Bertz CT molecular complexity index is 313. The number of amides is 1. The minimum atomic E-state index is 0.222. The van der Waals surface area contributed by atoms with E-state index in [1.54, 1.807) is 0 Å². The van der Waals surface area contributed by atoms with Crippen molar-refractivity contribution in [1.29, 1.82) is 0 Å². The Labute approximate surface area is 90.1 Å². The van der Waals surface area contributed by atoms with E-state index in [-0.39, 0.29) is 5.91 Å². The molecular weight excluding hydrogens is 190 g/mol. The van der Waals surface area contributed by atoms with Crippen LogP contribution in [0.3, 0.4) is 0 Å². The second-order valence-electron chi connectivity index (χ2n) is 4.04. The molecule has 4 nitrogen and oxygen atoms in total. The van der Waals surface area contributed by atoms with E-state index < -0.39 is 0 Å². The second kappa shape index (κ2) is 4.49. The van der Waals surface area contributed by atoms with Crippen molar-refractivity contribution in [3.05, 3.63) is 24.5 Å². The summed E-state index contributed by atoms with van der Waals surface area (Å²) in [6.45, 7) is 4.15. The third-order valence-corrected chi connectivity index (χ3v) is 2.84. The van der Waals surface area contributed by atoms with E-state index in [2.05, 4.69) is 11.9 Å². The molecule has 1 aromatic rings. The molecule has 0 atom stereocenters. The van der Waals surface area contributed by atoms with Crippen LogP contribution in [0.15, 0.2) is 24.5 Å². The van der Waals surface area contributed by atoms with Gasteiger partial charge in [-0.3, -0.25) is 4.79 Å². The third kappa shape index (κ3) is 2.59. The van der Waals surface area contributed by atoms with E-state index in [0.717, 1.165) is 26.2 Å². The van der Waals surface area contributed by atoms with Crippen molar-refractivity contribution in [3.63, 3.8) is 0 Å². The molecule has 2 heterocycles. The van der Waals surface area contributed by atoms with Gasteiger partial charge in [0.15, 0.2) is 0 Å². The third-order valence-electron chi connectivity index (χ3n) is 2.84.